The maximum absolute atomic E-state index is 8.75. The molecule has 0 aliphatic heterocycles. The second-order valence-electron chi connectivity index (χ2n) is 3.44. The minimum absolute atomic E-state index is 0.0799. The Bertz CT molecular complexity index is 369. The minimum Gasteiger partial charge on any atom is -0.395 e. The lowest BCUT2D eigenvalue weighted by Crippen LogP contribution is -2.38. The molecule has 0 atom stereocenters. The number of aliphatic imine (C=N–C) groups is 1. The number of rotatable bonds is 5. The summed E-state index contributed by atoms with van der Waals surface area (Å²) in [6.45, 7) is 3.84. The van der Waals surface area contributed by atoms with Crippen LogP contribution in [0.15, 0.2) is 29.3 Å². The van der Waals surface area contributed by atoms with Crippen LogP contribution in [-0.4, -0.2) is 30.8 Å². The van der Waals surface area contributed by atoms with Gasteiger partial charge in [0.15, 0.2) is 5.96 Å². The van der Waals surface area contributed by atoms with E-state index < -0.39 is 0 Å². The fourth-order valence-corrected chi connectivity index (χ4v) is 1.50. The Balaban J connectivity index is 2.61. The van der Waals surface area contributed by atoms with Crippen LogP contribution >= 0.6 is 11.6 Å². The molecule has 0 aliphatic carbocycles. The highest BCUT2D eigenvalue weighted by molar-refractivity contribution is 6.31. The van der Waals surface area contributed by atoms with Gasteiger partial charge in [-0.2, -0.15) is 0 Å². The van der Waals surface area contributed by atoms with E-state index in [1.165, 1.54) is 0 Å². The van der Waals surface area contributed by atoms with E-state index in [-0.39, 0.29) is 6.61 Å². The summed E-state index contributed by atoms with van der Waals surface area (Å²) < 4.78 is 0. The van der Waals surface area contributed by atoms with E-state index in [2.05, 4.69) is 15.6 Å². The van der Waals surface area contributed by atoms with Crippen LogP contribution in [0.3, 0.4) is 0 Å². The quantitative estimate of drug-likeness (QED) is 0.551. The van der Waals surface area contributed by atoms with Crippen molar-refractivity contribution in [3.8, 4) is 0 Å². The van der Waals surface area contributed by atoms with Gasteiger partial charge >= 0.3 is 0 Å². The Morgan fingerprint density at radius 1 is 1.35 bits per heavy atom. The van der Waals surface area contributed by atoms with Crippen LogP contribution in [0.1, 0.15) is 12.5 Å². The summed E-state index contributed by atoms with van der Waals surface area (Å²) in [5.74, 6) is 0.682. The zero-order chi connectivity index (χ0) is 12.5. The molecular formula is C12H18ClN3O. The van der Waals surface area contributed by atoms with E-state index in [0.717, 1.165) is 12.1 Å². The molecule has 0 radical (unpaired) electrons. The Labute approximate surface area is 107 Å². The molecule has 0 bridgehead atoms. The van der Waals surface area contributed by atoms with Crippen LogP contribution in [0, 0.1) is 0 Å². The van der Waals surface area contributed by atoms with Gasteiger partial charge in [0.2, 0.25) is 0 Å². The highest BCUT2D eigenvalue weighted by atomic mass is 35.5. The first-order chi connectivity index (χ1) is 8.27. The lowest BCUT2D eigenvalue weighted by atomic mass is 10.2. The number of benzene rings is 1. The lowest BCUT2D eigenvalue weighted by Gasteiger charge is -2.10. The van der Waals surface area contributed by atoms with E-state index in [1.54, 1.807) is 0 Å². The van der Waals surface area contributed by atoms with Gasteiger partial charge in [0, 0.05) is 18.1 Å². The Morgan fingerprint density at radius 2 is 2.12 bits per heavy atom. The zero-order valence-corrected chi connectivity index (χ0v) is 10.7. The van der Waals surface area contributed by atoms with Crippen molar-refractivity contribution in [2.24, 2.45) is 4.99 Å². The van der Waals surface area contributed by atoms with Gasteiger partial charge in [-0.1, -0.05) is 29.8 Å². The van der Waals surface area contributed by atoms with E-state index >= 15 is 0 Å². The van der Waals surface area contributed by atoms with Gasteiger partial charge in [0.25, 0.3) is 0 Å². The van der Waals surface area contributed by atoms with Crippen LogP contribution in [0.4, 0.5) is 0 Å². The van der Waals surface area contributed by atoms with Crippen molar-refractivity contribution in [2.45, 2.75) is 13.5 Å². The number of aliphatic hydroxyl groups excluding tert-OH is 1. The minimum atomic E-state index is 0.0799. The first kappa shape index (κ1) is 13.8. The molecule has 1 rings (SSSR count). The highest BCUT2D eigenvalue weighted by Crippen LogP contribution is 2.15. The Kier molecular flexibility index (Phi) is 6.43. The monoisotopic (exact) mass is 255 g/mol. The molecule has 0 unspecified atom stereocenters. The molecule has 94 valence electrons. The average molecular weight is 256 g/mol. The van der Waals surface area contributed by atoms with Crippen LogP contribution in [0.2, 0.25) is 5.02 Å². The highest BCUT2D eigenvalue weighted by Gasteiger charge is 1.99. The molecule has 0 fully saturated rings. The Morgan fingerprint density at radius 3 is 2.76 bits per heavy atom. The van der Waals surface area contributed by atoms with Gasteiger partial charge in [-0.15, -0.1) is 0 Å². The third-order valence-electron chi connectivity index (χ3n) is 2.11. The molecule has 3 N–H and O–H groups in total. The molecule has 1 aromatic carbocycles. The summed E-state index contributed by atoms with van der Waals surface area (Å²) in [4.78, 5) is 4.38. The largest absolute Gasteiger partial charge is 0.395 e. The molecule has 0 aromatic heterocycles. The van der Waals surface area contributed by atoms with Gasteiger partial charge < -0.3 is 15.7 Å². The number of hydrogen-bond acceptors (Lipinski definition) is 2. The lowest BCUT2D eigenvalue weighted by molar-refractivity contribution is 0.300. The van der Waals surface area contributed by atoms with E-state index in [1.807, 2.05) is 31.2 Å². The molecule has 0 heterocycles. The summed E-state index contributed by atoms with van der Waals surface area (Å²) in [6.07, 6.45) is 0. The number of halogens is 1. The van der Waals surface area contributed by atoms with Gasteiger partial charge in [-0.05, 0) is 18.6 Å². The molecule has 5 heteroatoms. The van der Waals surface area contributed by atoms with Gasteiger partial charge in [0.05, 0.1) is 13.2 Å². The van der Waals surface area contributed by atoms with Crippen molar-refractivity contribution < 1.29 is 5.11 Å². The van der Waals surface area contributed by atoms with Crippen LogP contribution < -0.4 is 10.6 Å². The molecule has 0 amide bonds. The van der Waals surface area contributed by atoms with E-state index in [0.29, 0.717) is 24.1 Å². The topological polar surface area (TPSA) is 56.7 Å². The average Bonchev–Trinajstić information content (AvgIpc) is 2.34. The summed E-state index contributed by atoms with van der Waals surface area (Å²) in [5, 5.41) is 15.6. The van der Waals surface area contributed by atoms with Crippen molar-refractivity contribution >= 4 is 17.6 Å². The van der Waals surface area contributed by atoms with Gasteiger partial charge in [0.1, 0.15) is 0 Å². The predicted molar refractivity (Wildman–Crippen MR) is 71.4 cm³/mol. The van der Waals surface area contributed by atoms with Crippen LogP contribution in [0.25, 0.3) is 0 Å². The number of nitrogens with one attached hydrogen (secondary N) is 2. The van der Waals surface area contributed by atoms with E-state index in [4.69, 9.17) is 16.7 Å². The molecule has 4 nitrogen and oxygen atoms in total. The molecule has 0 aliphatic rings. The first-order valence-corrected chi connectivity index (χ1v) is 6.02. The predicted octanol–water partition coefficient (Wildman–Crippen LogP) is 1.39. The second-order valence-corrected chi connectivity index (χ2v) is 3.84. The first-order valence-electron chi connectivity index (χ1n) is 5.64. The molecule has 0 saturated carbocycles. The normalized spacial score (nSPS) is 11.4. The van der Waals surface area contributed by atoms with Gasteiger partial charge in [-0.3, -0.25) is 0 Å². The van der Waals surface area contributed by atoms with Crippen molar-refractivity contribution in [1.29, 1.82) is 0 Å². The summed E-state index contributed by atoms with van der Waals surface area (Å²) in [5.41, 5.74) is 0.982. The molecule has 0 saturated heterocycles. The zero-order valence-electron chi connectivity index (χ0n) is 9.91. The molecule has 17 heavy (non-hydrogen) atoms. The fraction of sp³-hybridized carbons (Fsp3) is 0.417. The van der Waals surface area contributed by atoms with Crippen LogP contribution in [0.5, 0.6) is 0 Å². The molecule has 1 aromatic rings. The second kappa shape index (κ2) is 7.92. The third-order valence-corrected chi connectivity index (χ3v) is 2.48. The smallest absolute Gasteiger partial charge is 0.191 e. The SMILES string of the molecule is CCNC(=NCc1ccccc1Cl)NCCO. The molecule has 0 spiro atoms. The maximum atomic E-state index is 8.75. The molecular weight excluding hydrogens is 238 g/mol. The maximum Gasteiger partial charge on any atom is 0.191 e. The van der Waals surface area contributed by atoms with Gasteiger partial charge in [-0.25, -0.2) is 4.99 Å². The van der Waals surface area contributed by atoms with Crippen molar-refractivity contribution in [3.63, 3.8) is 0 Å². The Hall–Kier alpha value is -1.26. The third kappa shape index (κ3) is 5.06. The summed E-state index contributed by atoms with van der Waals surface area (Å²) in [7, 11) is 0. The van der Waals surface area contributed by atoms with Crippen molar-refractivity contribution in [1.82, 2.24) is 10.6 Å². The number of aliphatic hydroxyl groups is 1. The van der Waals surface area contributed by atoms with E-state index in [9.17, 15) is 0 Å². The summed E-state index contributed by atoms with van der Waals surface area (Å²) >= 11 is 6.04. The fourth-order valence-electron chi connectivity index (χ4n) is 1.31. The number of hydrogen-bond donors (Lipinski definition) is 3. The van der Waals surface area contributed by atoms with Crippen molar-refractivity contribution in [3.05, 3.63) is 34.9 Å². The number of nitrogens with zero attached hydrogens (tertiary/aromatic N) is 1. The standard InChI is InChI=1S/C12H18ClN3O/c1-2-14-12(15-7-8-17)16-9-10-5-3-4-6-11(10)13/h3-6,17H,2,7-9H2,1H3,(H2,14,15,16). The summed E-state index contributed by atoms with van der Waals surface area (Å²) in [6, 6.07) is 7.62. The van der Waals surface area contributed by atoms with Crippen LogP contribution in [-0.2, 0) is 6.54 Å². The number of guanidine groups is 1. The van der Waals surface area contributed by atoms with Crippen molar-refractivity contribution in [2.75, 3.05) is 19.7 Å².